The van der Waals surface area contributed by atoms with Crippen LogP contribution in [0.5, 0.6) is 5.88 Å². The van der Waals surface area contributed by atoms with E-state index in [1.54, 1.807) is 30.2 Å². The Bertz CT molecular complexity index is 1360. The molecule has 2 atom stereocenters. The van der Waals surface area contributed by atoms with Gasteiger partial charge in [-0.15, -0.1) is 15.3 Å². The smallest absolute Gasteiger partial charge is 0.389 e. The molecule has 1 aliphatic rings. The van der Waals surface area contributed by atoms with Crippen LogP contribution in [0.1, 0.15) is 47.3 Å². The number of aromatic nitrogens is 7. The van der Waals surface area contributed by atoms with Crippen molar-refractivity contribution in [1.82, 2.24) is 35.2 Å². The number of anilines is 1. The Morgan fingerprint density at radius 1 is 1.03 bits per heavy atom. The Morgan fingerprint density at radius 2 is 1.86 bits per heavy atom. The highest BCUT2D eigenvalue weighted by Crippen LogP contribution is 2.41. The molecule has 0 saturated heterocycles. The first-order valence-corrected chi connectivity index (χ1v) is 12.9. The molecule has 0 unspecified atom stereocenters. The topological polar surface area (TPSA) is 138 Å². The lowest BCUT2D eigenvalue weighted by Gasteiger charge is -2.09. The van der Waals surface area contributed by atoms with E-state index in [1.807, 2.05) is 30.3 Å². The predicted octanol–water partition coefficient (Wildman–Crippen LogP) is 3.55. The molecule has 0 bridgehead atoms. The van der Waals surface area contributed by atoms with Gasteiger partial charge in [0.15, 0.2) is 0 Å². The summed E-state index contributed by atoms with van der Waals surface area (Å²) >= 11 is 1.37. The zero-order valence-corrected chi connectivity index (χ0v) is 21.1. The van der Waals surface area contributed by atoms with Gasteiger partial charge in [-0.2, -0.15) is 10.2 Å². The van der Waals surface area contributed by atoms with Crippen LogP contribution in [0.3, 0.4) is 0 Å². The maximum absolute atomic E-state index is 12.3. The van der Waals surface area contributed by atoms with Crippen LogP contribution >= 0.6 is 11.3 Å². The number of amides is 1. The van der Waals surface area contributed by atoms with Crippen molar-refractivity contribution in [2.45, 2.75) is 44.4 Å². The molecule has 4 heterocycles. The number of carbonyl (C=O) groups is 2. The predicted molar refractivity (Wildman–Crippen MR) is 135 cm³/mol. The highest BCUT2D eigenvalue weighted by molar-refractivity contribution is 7.15. The van der Waals surface area contributed by atoms with Crippen LogP contribution in [0.4, 0.5) is 9.93 Å². The minimum absolute atomic E-state index is 0.0651. The first-order chi connectivity index (χ1) is 18.0. The van der Waals surface area contributed by atoms with Gasteiger partial charge in [0.1, 0.15) is 10.8 Å². The molecule has 0 spiro atoms. The molecule has 0 radical (unpaired) electrons. The number of ether oxygens (including phenoxy) is 1. The number of nitrogens with one attached hydrogen (secondary N) is 1. The van der Waals surface area contributed by atoms with Crippen LogP contribution in [0.15, 0.2) is 48.8 Å². The zero-order chi connectivity index (χ0) is 25.6. The highest BCUT2D eigenvalue weighted by atomic mass is 32.1. The van der Waals surface area contributed by atoms with Gasteiger partial charge in [-0.3, -0.25) is 19.8 Å². The van der Waals surface area contributed by atoms with Gasteiger partial charge in [0.25, 0.3) is 0 Å². The number of ketones is 1. The van der Waals surface area contributed by atoms with Crippen molar-refractivity contribution in [1.29, 1.82) is 0 Å². The third-order valence-electron chi connectivity index (χ3n) is 6.18. The fourth-order valence-corrected chi connectivity index (χ4v) is 5.32. The van der Waals surface area contributed by atoms with Crippen molar-refractivity contribution in [3.05, 3.63) is 70.9 Å². The van der Waals surface area contributed by atoms with Crippen LogP contribution in [0.25, 0.3) is 0 Å². The summed E-state index contributed by atoms with van der Waals surface area (Å²) in [6, 6.07) is 11.0. The van der Waals surface area contributed by atoms with E-state index in [-0.39, 0.29) is 18.1 Å². The summed E-state index contributed by atoms with van der Waals surface area (Å²) in [7, 11) is 1.74. The number of aryl methyl sites for hydroxylation is 1. The lowest BCUT2D eigenvalue weighted by atomic mass is 9.99. The summed E-state index contributed by atoms with van der Waals surface area (Å²) in [5, 5.41) is 24.9. The minimum atomic E-state index is -0.647. The largest absolute Gasteiger partial charge is 0.420 e. The molecule has 1 amide bonds. The molecule has 1 saturated carbocycles. The number of Topliss-reactive ketones (excluding diaryl/α,β-unsaturated/α-hetero) is 1. The van der Waals surface area contributed by atoms with E-state index in [2.05, 4.69) is 35.8 Å². The molecular formula is C25H26N8O3S. The van der Waals surface area contributed by atoms with Crippen molar-refractivity contribution >= 4 is 28.3 Å². The van der Waals surface area contributed by atoms with E-state index >= 15 is 0 Å². The summed E-state index contributed by atoms with van der Waals surface area (Å²) in [5.41, 5.74) is 2.35. The van der Waals surface area contributed by atoms with Gasteiger partial charge in [-0.25, -0.2) is 4.79 Å². The normalized spacial score (nSPS) is 17.0. The van der Waals surface area contributed by atoms with Crippen LogP contribution < -0.4 is 10.1 Å². The maximum Gasteiger partial charge on any atom is 0.420 e. The lowest BCUT2D eigenvalue weighted by Crippen LogP contribution is -2.16. The molecule has 12 heteroatoms. The van der Waals surface area contributed by atoms with E-state index in [0.717, 1.165) is 42.1 Å². The van der Waals surface area contributed by atoms with Crippen molar-refractivity contribution in [3.63, 3.8) is 0 Å². The Balaban J connectivity index is 1.08. The molecule has 1 N–H and O–H groups in total. The van der Waals surface area contributed by atoms with E-state index in [0.29, 0.717) is 29.1 Å². The molecule has 0 aliphatic heterocycles. The quantitative estimate of drug-likeness (QED) is 0.352. The third kappa shape index (κ3) is 6.79. The molecular weight excluding hydrogens is 492 g/mol. The molecule has 11 nitrogen and oxygen atoms in total. The van der Waals surface area contributed by atoms with E-state index < -0.39 is 6.09 Å². The van der Waals surface area contributed by atoms with E-state index in [9.17, 15) is 9.59 Å². The summed E-state index contributed by atoms with van der Waals surface area (Å²) in [6.07, 6.45) is 7.13. The number of carbonyl (C=O) groups excluding carboxylic acids is 2. The fraction of sp³-hybridized carbons (Fsp3) is 0.360. The molecule has 4 aromatic heterocycles. The van der Waals surface area contributed by atoms with Crippen molar-refractivity contribution in [2.75, 3.05) is 5.32 Å². The van der Waals surface area contributed by atoms with Crippen LogP contribution in [-0.4, -0.2) is 47.0 Å². The SMILES string of the molecule is Cn1ccc(OC(=O)Nc2nnc([C@H]3CC[C@@H](Cc4ccc(CC(=O)Cc5ccccn5)nn4)C3)s2)n1. The monoisotopic (exact) mass is 518 g/mol. The molecule has 190 valence electrons. The minimum Gasteiger partial charge on any atom is -0.389 e. The van der Waals surface area contributed by atoms with Gasteiger partial charge in [0, 0.05) is 43.5 Å². The summed E-state index contributed by atoms with van der Waals surface area (Å²) in [6.45, 7) is 0. The molecule has 0 aromatic carbocycles. The van der Waals surface area contributed by atoms with Crippen LogP contribution in [-0.2, 0) is 31.1 Å². The Kier molecular flexibility index (Phi) is 7.54. The summed E-state index contributed by atoms with van der Waals surface area (Å²) in [4.78, 5) is 28.6. The number of hydrogen-bond acceptors (Lipinski definition) is 10. The van der Waals surface area contributed by atoms with Crippen molar-refractivity contribution in [2.24, 2.45) is 13.0 Å². The van der Waals surface area contributed by atoms with Gasteiger partial charge in [0.05, 0.1) is 17.8 Å². The number of hydrogen-bond donors (Lipinski definition) is 1. The lowest BCUT2D eigenvalue weighted by molar-refractivity contribution is -0.117. The molecule has 4 aromatic rings. The standard InChI is InChI=1S/C25H26N8O3S/c1-33-11-9-22(32-33)36-25(35)27-24-31-30-23(37-24)17-6-5-16(12-17)13-19-7-8-20(29-28-19)15-21(34)14-18-4-2-3-10-26-18/h2-4,7-11,16-17H,5-6,12-15H2,1H3,(H,27,31,35)/t16-,17+/m1/s1. The van der Waals surface area contributed by atoms with E-state index in [4.69, 9.17) is 4.74 Å². The zero-order valence-electron chi connectivity index (χ0n) is 20.3. The van der Waals surface area contributed by atoms with Gasteiger partial charge in [-0.05, 0) is 55.9 Å². The molecule has 5 rings (SSSR count). The molecule has 37 heavy (non-hydrogen) atoms. The Hall–Kier alpha value is -4.06. The Morgan fingerprint density at radius 3 is 2.62 bits per heavy atom. The first kappa shape index (κ1) is 24.6. The van der Waals surface area contributed by atoms with Crippen molar-refractivity contribution < 1.29 is 14.3 Å². The first-order valence-electron chi connectivity index (χ1n) is 12.0. The average Bonchev–Trinajstić information content (AvgIpc) is 3.63. The Labute approximate surface area is 217 Å². The summed E-state index contributed by atoms with van der Waals surface area (Å²) < 4.78 is 6.69. The second-order valence-corrected chi connectivity index (χ2v) is 10.1. The van der Waals surface area contributed by atoms with Gasteiger partial charge in [0.2, 0.25) is 11.0 Å². The summed E-state index contributed by atoms with van der Waals surface area (Å²) in [5.74, 6) is 1.04. The highest BCUT2D eigenvalue weighted by Gasteiger charge is 2.29. The number of pyridine rings is 1. The number of nitrogens with zero attached hydrogens (tertiary/aromatic N) is 7. The average molecular weight is 519 g/mol. The third-order valence-corrected chi connectivity index (χ3v) is 7.18. The van der Waals surface area contributed by atoms with Crippen molar-refractivity contribution in [3.8, 4) is 5.88 Å². The van der Waals surface area contributed by atoms with Gasteiger partial charge in [-0.1, -0.05) is 17.4 Å². The van der Waals surface area contributed by atoms with Gasteiger partial charge >= 0.3 is 6.09 Å². The van der Waals surface area contributed by atoms with Crippen LogP contribution in [0, 0.1) is 5.92 Å². The molecule has 1 aliphatic carbocycles. The second kappa shape index (κ2) is 11.3. The van der Waals surface area contributed by atoms with Gasteiger partial charge < -0.3 is 4.74 Å². The second-order valence-electron chi connectivity index (χ2n) is 9.10. The maximum atomic E-state index is 12.3. The number of rotatable bonds is 9. The fourth-order valence-electron chi connectivity index (χ4n) is 4.45. The van der Waals surface area contributed by atoms with Crippen LogP contribution in [0.2, 0.25) is 0 Å². The molecule has 1 fully saturated rings. The van der Waals surface area contributed by atoms with E-state index in [1.165, 1.54) is 11.3 Å².